The van der Waals surface area contributed by atoms with E-state index in [1.165, 1.54) is 4.90 Å². The molecule has 2 rings (SSSR count). The molecule has 0 fully saturated rings. The molecule has 32 heavy (non-hydrogen) atoms. The van der Waals surface area contributed by atoms with Crippen LogP contribution in [0.1, 0.15) is 25.0 Å². The Balaban J connectivity index is 2.34. The Kier molecular flexibility index (Phi) is 8.30. The molecule has 0 spiro atoms. The van der Waals surface area contributed by atoms with Gasteiger partial charge in [-0.3, -0.25) is 14.9 Å². The van der Waals surface area contributed by atoms with E-state index in [4.69, 9.17) is 9.47 Å². The summed E-state index contributed by atoms with van der Waals surface area (Å²) in [6.45, 7) is 4.11. The van der Waals surface area contributed by atoms with Crippen LogP contribution in [0.4, 0.5) is 10.5 Å². The van der Waals surface area contributed by atoms with E-state index < -0.39 is 34.2 Å². The number of carbonyl (C=O) groups is 2. The zero-order chi connectivity index (χ0) is 23.7. The first kappa shape index (κ1) is 23.9. The van der Waals surface area contributed by atoms with Gasteiger partial charge in [0.1, 0.15) is 18.2 Å². The van der Waals surface area contributed by atoms with Gasteiger partial charge in [0.2, 0.25) is 5.75 Å². The number of phenols is 1. The third-order valence-electron chi connectivity index (χ3n) is 4.38. The van der Waals surface area contributed by atoms with E-state index in [9.17, 15) is 30.1 Å². The number of amides is 1. The first-order valence-electron chi connectivity index (χ1n) is 9.61. The van der Waals surface area contributed by atoms with E-state index >= 15 is 0 Å². The molecule has 166 valence electrons. The van der Waals surface area contributed by atoms with E-state index in [1.807, 2.05) is 0 Å². The SMILES string of the molecule is CCN(CC)C(=O)/C(C#N)=C/c1cc(OC(=O)OCc2ccccc2)c(O)c([N+](=O)[O-])c1. The minimum atomic E-state index is -1.20. The topological polar surface area (TPSA) is 143 Å². The van der Waals surface area contributed by atoms with Crippen molar-refractivity contribution in [2.75, 3.05) is 13.1 Å². The Morgan fingerprint density at radius 2 is 1.88 bits per heavy atom. The molecule has 2 aromatic carbocycles. The molecule has 0 unspecified atom stereocenters. The maximum Gasteiger partial charge on any atom is 0.514 e. The van der Waals surface area contributed by atoms with Gasteiger partial charge >= 0.3 is 11.8 Å². The Morgan fingerprint density at radius 1 is 1.22 bits per heavy atom. The van der Waals surface area contributed by atoms with Gasteiger partial charge in [0.05, 0.1) is 4.92 Å². The molecule has 0 aromatic heterocycles. The maximum atomic E-state index is 12.5. The van der Waals surface area contributed by atoms with Crippen LogP contribution in [0.3, 0.4) is 0 Å². The molecule has 0 saturated carbocycles. The third-order valence-corrected chi connectivity index (χ3v) is 4.38. The van der Waals surface area contributed by atoms with Gasteiger partial charge in [-0.1, -0.05) is 30.3 Å². The molecule has 2 aromatic rings. The van der Waals surface area contributed by atoms with Crippen molar-refractivity contribution in [2.24, 2.45) is 0 Å². The second kappa shape index (κ2) is 11.1. The zero-order valence-corrected chi connectivity index (χ0v) is 17.5. The van der Waals surface area contributed by atoms with Crippen molar-refractivity contribution in [1.82, 2.24) is 4.90 Å². The summed E-state index contributed by atoms with van der Waals surface area (Å²) in [7, 11) is 0. The molecule has 0 aliphatic heterocycles. The van der Waals surface area contributed by atoms with Gasteiger partial charge in [0.25, 0.3) is 5.91 Å². The highest BCUT2D eigenvalue weighted by Crippen LogP contribution is 2.38. The molecule has 0 atom stereocenters. The highest BCUT2D eigenvalue weighted by atomic mass is 16.7. The summed E-state index contributed by atoms with van der Waals surface area (Å²) in [4.78, 5) is 36.3. The second-order valence-corrected chi connectivity index (χ2v) is 6.42. The number of hydrogen-bond donors (Lipinski definition) is 1. The molecule has 0 aliphatic carbocycles. The zero-order valence-electron chi connectivity index (χ0n) is 17.5. The smallest absolute Gasteiger partial charge is 0.499 e. The van der Waals surface area contributed by atoms with Crippen LogP contribution in [-0.2, 0) is 16.1 Å². The van der Waals surface area contributed by atoms with Gasteiger partial charge < -0.3 is 19.5 Å². The van der Waals surface area contributed by atoms with Crippen LogP contribution in [0.15, 0.2) is 48.0 Å². The number of rotatable bonds is 8. The summed E-state index contributed by atoms with van der Waals surface area (Å²) in [6.07, 6.45) is -0.0748. The first-order valence-corrected chi connectivity index (χ1v) is 9.61. The number of likely N-dealkylation sites (N-methyl/N-ethyl adjacent to an activating group) is 1. The lowest BCUT2D eigenvalue weighted by molar-refractivity contribution is -0.385. The van der Waals surface area contributed by atoms with E-state index in [2.05, 4.69) is 0 Å². The summed E-state index contributed by atoms with van der Waals surface area (Å²) in [5, 5.41) is 30.8. The lowest BCUT2D eigenvalue weighted by Crippen LogP contribution is -2.31. The van der Waals surface area contributed by atoms with Gasteiger partial charge in [0.15, 0.2) is 5.75 Å². The Hall–Kier alpha value is -4.39. The molecule has 1 N–H and O–H groups in total. The number of phenolic OH excluding ortho intramolecular Hbond substituents is 1. The quantitative estimate of drug-likeness (QED) is 0.163. The van der Waals surface area contributed by atoms with Crippen LogP contribution in [0.5, 0.6) is 11.5 Å². The number of nitriles is 1. The Bertz CT molecular complexity index is 1070. The fourth-order valence-corrected chi connectivity index (χ4v) is 2.74. The van der Waals surface area contributed by atoms with E-state index in [1.54, 1.807) is 50.2 Å². The average molecular weight is 439 g/mol. The van der Waals surface area contributed by atoms with Crippen molar-refractivity contribution in [3.63, 3.8) is 0 Å². The molecule has 0 bridgehead atoms. The lowest BCUT2D eigenvalue weighted by Gasteiger charge is -2.17. The van der Waals surface area contributed by atoms with Gasteiger partial charge in [-0.25, -0.2) is 4.79 Å². The highest BCUT2D eigenvalue weighted by molar-refractivity contribution is 6.01. The second-order valence-electron chi connectivity index (χ2n) is 6.42. The predicted octanol–water partition coefficient (Wildman–Crippen LogP) is 3.79. The van der Waals surface area contributed by atoms with Crippen molar-refractivity contribution < 1.29 is 29.1 Å². The number of benzene rings is 2. The first-order chi connectivity index (χ1) is 15.3. The van der Waals surface area contributed by atoms with Crippen LogP contribution < -0.4 is 4.74 Å². The number of ether oxygens (including phenoxy) is 2. The monoisotopic (exact) mass is 439 g/mol. The van der Waals surface area contributed by atoms with Crippen molar-refractivity contribution in [3.05, 3.63) is 69.3 Å². The molecule has 10 nitrogen and oxygen atoms in total. The van der Waals surface area contributed by atoms with Crippen molar-refractivity contribution in [1.29, 1.82) is 5.26 Å². The van der Waals surface area contributed by atoms with Crippen molar-refractivity contribution in [3.8, 4) is 17.6 Å². The van der Waals surface area contributed by atoms with Crippen LogP contribution in [0.2, 0.25) is 0 Å². The highest BCUT2D eigenvalue weighted by Gasteiger charge is 2.23. The summed E-state index contributed by atoms with van der Waals surface area (Å²) in [6, 6.07) is 12.6. The number of carbonyl (C=O) groups excluding carboxylic acids is 2. The fraction of sp³-hybridized carbons (Fsp3) is 0.227. The normalized spacial score (nSPS) is 10.7. The molecule has 0 aliphatic rings. The molecule has 10 heteroatoms. The van der Waals surface area contributed by atoms with Gasteiger partial charge in [0, 0.05) is 19.2 Å². The number of nitro groups is 1. The Morgan fingerprint density at radius 3 is 2.44 bits per heavy atom. The number of aromatic hydroxyl groups is 1. The molecule has 0 radical (unpaired) electrons. The summed E-state index contributed by atoms with van der Waals surface area (Å²) in [5.74, 6) is -1.99. The summed E-state index contributed by atoms with van der Waals surface area (Å²) < 4.78 is 9.90. The van der Waals surface area contributed by atoms with Crippen LogP contribution >= 0.6 is 0 Å². The Labute approximate surface area is 184 Å². The number of hydrogen-bond acceptors (Lipinski definition) is 8. The maximum absolute atomic E-state index is 12.5. The van der Waals surface area contributed by atoms with Crippen LogP contribution in [-0.4, -0.2) is 40.1 Å². The number of nitro benzene ring substituents is 1. The molecular weight excluding hydrogens is 418 g/mol. The molecular formula is C22H21N3O7. The van der Waals surface area contributed by atoms with Crippen LogP contribution in [0.25, 0.3) is 6.08 Å². The molecule has 1 amide bonds. The standard InChI is InChI=1S/C22H21N3O7/c1-3-24(4-2)21(27)17(13-23)10-16-11-18(25(29)30)20(26)19(12-16)32-22(28)31-14-15-8-6-5-7-9-15/h5-12,26H,3-4,14H2,1-2H3/b17-10+. The van der Waals surface area contributed by atoms with E-state index in [0.717, 1.165) is 18.2 Å². The van der Waals surface area contributed by atoms with E-state index in [0.29, 0.717) is 18.7 Å². The van der Waals surface area contributed by atoms with Crippen molar-refractivity contribution >= 4 is 23.8 Å². The predicted molar refractivity (Wildman–Crippen MR) is 114 cm³/mol. The summed E-state index contributed by atoms with van der Waals surface area (Å²) >= 11 is 0. The van der Waals surface area contributed by atoms with Gasteiger partial charge in [-0.15, -0.1) is 0 Å². The number of nitrogens with zero attached hydrogens (tertiary/aromatic N) is 3. The molecule has 0 saturated heterocycles. The largest absolute Gasteiger partial charge is 0.514 e. The van der Waals surface area contributed by atoms with Gasteiger partial charge in [-0.2, -0.15) is 5.26 Å². The van der Waals surface area contributed by atoms with Crippen LogP contribution in [0, 0.1) is 21.4 Å². The van der Waals surface area contributed by atoms with Crippen molar-refractivity contribution in [2.45, 2.75) is 20.5 Å². The summed E-state index contributed by atoms with van der Waals surface area (Å²) in [5.41, 5.74) is -0.342. The lowest BCUT2D eigenvalue weighted by atomic mass is 10.1. The molecule has 0 heterocycles. The van der Waals surface area contributed by atoms with E-state index in [-0.39, 0.29) is 17.7 Å². The minimum absolute atomic E-state index is 0.0115. The van der Waals surface area contributed by atoms with Gasteiger partial charge in [-0.05, 0) is 37.1 Å². The third kappa shape index (κ3) is 6.06. The minimum Gasteiger partial charge on any atom is -0.499 e. The average Bonchev–Trinajstić information content (AvgIpc) is 2.79. The fourth-order valence-electron chi connectivity index (χ4n) is 2.74.